The van der Waals surface area contributed by atoms with E-state index in [4.69, 9.17) is 10.8 Å². The molecule has 5 nitrogen and oxygen atoms in total. The van der Waals surface area contributed by atoms with E-state index < -0.39 is 12.2 Å². The van der Waals surface area contributed by atoms with E-state index in [1.807, 2.05) is 0 Å². The highest BCUT2D eigenvalue weighted by molar-refractivity contribution is 4.87. The SMILES string of the molecule is N[C@@H]1CC(O)[C@H](O)C(CO)C1.O. The van der Waals surface area contributed by atoms with Crippen molar-refractivity contribution in [2.75, 3.05) is 6.61 Å². The smallest absolute Gasteiger partial charge is 0.0850 e. The first-order chi connectivity index (χ1) is 5.15. The maximum Gasteiger partial charge on any atom is 0.0850 e. The van der Waals surface area contributed by atoms with E-state index in [9.17, 15) is 10.2 Å². The summed E-state index contributed by atoms with van der Waals surface area (Å²) in [6, 6.07) is -0.0921. The Morgan fingerprint density at radius 1 is 1.25 bits per heavy atom. The second-order valence-corrected chi connectivity index (χ2v) is 3.23. The van der Waals surface area contributed by atoms with Crippen LogP contribution in [0.2, 0.25) is 0 Å². The van der Waals surface area contributed by atoms with Crippen LogP contribution >= 0.6 is 0 Å². The lowest BCUT2D eigenvalue weighted by Crippen LogP contribution is -2.47. The molecule has 1 rings (SSSR count). The van der Waals surface area contributed by atoms with Gasteiger partial charge in [0.25, 0.3) is 0 Å². The Morgan fingerprint density at radius 3 is 2.33 bits per heavy atom. The Hall–Kier alpha value is -0.200. The van der Waals surface area contributed by atoms with Gasteiger partial charge in [0.1, 0.15) is 0 Å². The van der Waals surface area contributed by atoms with Crippen LogP contribution in [0.1, 0.15) is 12.8 Å². The summed E-state index contributed by atoms with van der Waals surface area (Å²) >= 11 is 0. The predicted octanol–water partition coefficient (Wildman–Crippen LogP) is -2.39. The third-order valence-corrected chi connectivity index (χ3v) is 2.26. The van der Waals surface area contributed by atoms with E-state index in [0.29, 0.717) is 12.8 Å². The van der Waals surface area contributed by atoms with Crippen LogP contribution in [0.15, 0.2) is 0 Å². The third-order valence-electron chi connectivity index (χ3n) is 2.26. The third kappa shape index (κ3) is 2.40. The molecule has 0 heterocycles. The molecule has 1 saturated carbocycles. The van der Waals surface area contributed by atoms with Crippen LogP contribution < -0.4 is 5.73 Å². The summed E-state index contributed by atoms with van der Waals surface area (Å²) in [6.45, 7) is -0.105. The van der Waals surface area contributed by atoms with Crippen molar-refractivity contribution in [1.29, 1.82) is 0 Å². The van der Waals surface area contributed by atoms with Gasteiger partial charge in [0, 0.05) is 18.6 Å². The lowest BCUT2D eigenvalue weighted by Gasteiger charge is -2.34. The summed E-state index contributed by atoms with van der Waals surface area (Å²) in [5.74, 6) is -0.256. The molecule has 0 aliphatic heterocycles. The Balaban J connectivity index is 0.00000121. The molecule has 0 aromatic heterocycles. The lowest BCUT2D eigenvalue weighted by atomic mass is 9.82. The number of nitrogens with two attached hydrogens (primary N) is 1. The molecule has 1 fully saturated rings. The topological polar surface area (TPSA) is 118 Å². The van der Waals surface area contributed by atoms with Crippen molar-refractivity contribution in [1.82, 2.24) is 0 Å². The Morgan fingerprint density at radius 2 is 1.83 bits per heavy atom. The van der Waals surface area contributed by atoms with Crippen LogP contribution in [-0.4, -0.2) is 45.7 Å². The fourth-order valence-corrected chi connectivity index (χ4v) is 1.57. The molecule has 0 aromatic rings. The van der Waals surface area contributed by atoms with Crippen LogP contribution in [0, 0.1) is 5.92 Å². The lowest BCUT2D eigenvalue weighted by molar-refractivity contribution is -0.0637. The monoisotopic (exact) mass is 179 g/mol. The first-order valence-corrected chi connectivity index (χ1v) is 3.87. The molecular formula is C7H17NO4. The molecule has 0 amide bonds. The molecule has 74 valence electrons. The van der Waals surface area contributed by atoms with Crippen LogP contribution in [0.5, 0.6) is 0 Å². The maximum absolute atomic E-state index is 9.29. The minimum absolute atomic E-state index is 0. The van der Waals surface area contributed by atoms with Crippen molar-refractivity contribution < 1.29 is 20.8 Å². The first kappa shape index (κ1) is 11.8. The minimum atomic E-state index is -0.806. The van der Waals surface area contributed by atoms with Crippen LogP contribution in [-0.2, 0) is 0 Å². The molecule has 0 saturated heterocycles. The standard InChI is InChI=1S/C7H15NO3.H2O/c8-5-1-4(3-9)7(11)6(10)2-5;/h4-7,9-11H,1-3,8H2;1H2/t4?,5-,6?,7+;/m0./s1. The highest BCUT2D eigenvalue weighted by Crippen LogP contribution is 2.23. The van der Waals surface area contributed by atoms with Gasteiger partial charge in [-0.05, 0) is 12.8 Å². The molecule has 1 aliphatic carbocycles. The Bertz CT molecular complexity index is 133. The molecule has 12 heavy (non-hydrogen) atoms. The molecule has 0 spiro atoms. The number of aliphatic hydroxyl groups excluding tert-OH is 3. The van der Waals surface area contributed by atoms with E-state index in [2.05, 4.69) is 0 Å². The fraction of sp³-hybridized carbons (Fsp3) is 1.00. The molecule has 1 aliphatic rings. The molecule has 0 aromatic carbocycles. The molecule has 0 bridgehead atoms. The number of hydrogen-bond acceptors (Lipinski definition) is 4. The normalized spacial score (nSPS) is 42.0. The van der Waals surface area contributed by atoms with Gasteiger partial charge in [-0.25, -0.2) is 0 Å². The molecule has 5 heteroatoms. The van der Waals surface area contributed by atoms with Crippen LogP contribution in [0.3, 0.4) is 0 Å². The largest absolute Gasteiger partial charge is 0.412 e. The molecule has 7 N–H and O–H groups in total. The molecule has 4 atom stereocenters. The number of aliphatic hydroxyl groups is 3. The summed E-state index contributed by atoms with van der Waals surface area (Å²) < 4.78 is 0. The highest BCUT2D eigenvalue weighted by Gasteiger charge is 2.33. The molecular weight excluding hydrogens is 162 g/mol. The maximum atomic E-state index is 9.29. The Kier molecular flexibility index (Phi) is 4.66. The van der Waals surface area contributed by atoms with E-state index >= 15 is 0 Å². The van der Waals surface area contributed by atoms with E-state index in [1.54, 1.807) is 0 Å². The van der Waals surface area contributed by atoms with Crippen molar-refractivity contribution in [3.8, 4) is 0 Å². The van der Waals surface area contributed by atoms with Gasteiger partial charge < -0.3 is 26.5 Å². The first-order valence-electron chi connectivity index (χ1n) is 3.87. The van der Waals surface area contributed by atoms with Gasteiger partial charge in [-0.2, -0.15) is 0 Å². The van der Waals surface area contributed by atoms with Crippen LogP contribution in [0.25, 0.3) is 0 Å². The van der Waals surface area contributed by atoms with Gasteiger partial charge in [0.15, 0.2) is 0 Å². The van der Waals surface area contributed by atoms with E-state index in [1.165, 1.54) is 0 Å². The zero-order valence-corrected chi connectivity index (χ0v) is 6.85. The second kappa shape index (κ2) is 4.74. The molecule has 2 unspecified atom stereocenters. The summed E-state index contributed by atoms with van der Waals surface area (Å²) in [5, 5.41) is 27.3. The van der Waals surface area contributed by atoms with Gasteiger partial charge in [-0.15, -0.1) is 0 Å². The van der Waals surface area contributed by atoms with E-state index in [0.717, 1.165) is 0 Å². The zero-order chi connectivity index (χ0) is 8.43. The van der Waals surface area contributed by atoms with E-state index in [-0.39, 0.29) is 24.0 Å². The average molecular weight is 179 g/mol. The minimum Gasteiger partial charge on any atom is -0.412 e. The summed E-state index contributed by atoms with van der Waals surface area (Å²) in [7, 11) is 0. The van der Waals surface area contributed by atoms with Crippen molar-refractivity contribution in [3.63, 3.8) is 0 Å². The summed E-state index contributed by atoms with van der Waals surface area (Å²) in [4.78, 5) is 0. The average Bonchev–Trinajstić information content (AvgIpc) is 1.96. The van der Waals surface area contributed by atoms with Gasteiger partial charge in [-0.1, -0.05) is 0 Å². The van der Waals surface area contributed by atoms with Crippen molar-refractivity contribution in [3.05, 3.63) is 0 Å². The van der Waals surface area contributed by atoms with Crippen molar-refractivity contribution >= 4 is 0 Å². The second-order valence-electron chi connectivity index (χ2n) is 3.23. The van der Waals surface area contributed by atoms with Crippen LogP contribution in [0.4, 0.5) is 0 Å². The summed E-state index contributed by atoms with van der Waals surface area (Å²) in [5.41, 5.74) is 5.57. The van der Waals surface area contributed by atoms with Crippen molar-refractivity contribution in [2.24, 2.45) is 11.7 Å². The zero-order valence-electron chi connectivity index (χ0n) is 6.85. The number of hydrogen-bond donors (Lipinski definition) is 4. The van der Waals surface area contributed by atoms with Gasteiger partial charge in [0.05, 0.1) is 12.2 Å². The fourth-order valence-electron chi connectivity index (χ4n) is 1.57. The van der Waals surface area contributed by atoms with Gasteiger partial charge >= 0.3 is 0 Å². The summed E-state index contributed by atoms with van der Waals surface area (Å²) in [6.07, 6.45) is -0.553. The van der Waals surface area contributed by atoms with Gasteiger partial charge in [-0.3, -0.25) is 0 Å². The highest BCUT2D eigenvalue weighted by atomic mass is 16.3. The quantitative estimate of drug-likeness (QED) is 0.359. The predicted molar refractivity (Wildman–Crippen MR) is 43.4 cm³/mol. The Labute approximate surface area is 71.1 Å². The molecule has 0 radical (unpaired) electrons. The van der Waals surface area contributed by atoms with Gasteiger partial charge in [0.2, 0.25) is 0 Å². The van der Waals surface area contributed by atoms with Crippen molar-refractivity contribution in [2.45, 2.75) is 31.1 Å². The number of rotatable bonds is 1.